The molecule has 0 aromatic carbocycles. The summed E-state index contributed by atoms with van der Waals surface area (Å²) in [7, 11) is 0. The van der Waals surface area contributed by atoms with Gasteiger partial charge in [0.2, 0.25) is 0 Å². The van der Waals surface area contributed by atoms with Crippen LogP contribution in [-0.2, 0) is 9.47 Å². The fourth-order valence-corrected chi connectivity index (χ4v) is 1.71. The quantitative estimate of drug-likeness (QED) is 0.198. The third-order valence-electron chi connectivity index (χ3n) is 2.86. The van der Waals surface area contributed by atoms with Gasteiger partial charge in [-0.1, -0.05) is 32.6 Å². The van der Waals surface area contributed by atoms with E-state index >= 15 is 0 Å². The molecule has 2 nitrogen and oxygen atoms in total. The molecular formula is C15H29LiO2. The van der Waals surface area contributed by atoms with Gasteiger partial charge in [-0.25, -0.2) is 0 Å². The summed E-state index contributed by atoms with van der Waals surface area (Å²) in [5.41, 5.74) is 0. The van der Waals surface area contributed by atoms with Crippen molar-refractivity contribution in [2.45, 2.75) is 63.4 Å². The van der Waals surface area contributed by atoms with E-state index in [1.807, 2.05) is 0 Å². The van der Waals surface area contributed by atoms with Crippen LogP contribution in [0.3, 0.4) is 0 Å². The number of hydrogen-bond acceptors (Lipinski definition) is 2. The third-order valence-corrected chi connectivity index (χ3v) is 2.86. The molecule has 0 aliphatic carbocycles. The fraction of sp³-hybridized carbons (Fsp3) is 0.867. The summed E-state index contributed by atoms with van der Waals surface area (Å²) in [5.74, 6) is 0. The predicted octanol–water partition coefficient (Wildman–Crippen LogP) is 4.26. The average Bonchev–Trinajstić information content (AvgIpc) is 2.39. The molecule has 0 amide bonds. The summed E-state index contributed by atoms with van der Waals surface area (Å²) in [6.07, 6.45) is 14.5. The van der Waals surface area contributed by atoms with Gasteiger partial charge >= 0.3 is 90.1 Å². The van der Waals surface area contributed by atoms with E-state index in [0.29, 0.717) is 6.79 Å². The Balaban J connectivity index is 2.94. The van der Waals surface area contributed by atoms with Crippen molar-refractivity contribution in [3.8, 4) is 0 Å². The van der Waals surface area contributed by atoms with Gasteiger partial charge in [-0.3, -0.25) is 0 Å². The molecule has 0 spiro atoms. The van der Waals surface area contributed by atoms with Gasteiger partial charge in [-0.2, -0.15) is 0 Å². The second kappa shape index (κ2) is 17.3. The van der Waals surface area contributed by atoms with E-state index in [1.54, 1.807) is 0 Å². The van der Waals surface area contributed by atoms with Crippen LogP contribution in [0.5, 0.6) is 0 Å². The Hall–Kier alpha value is 0.257. The molecule has 0 aromatic heterocycles. The van der Waals surface area contributed by atoms with Gasteiger partial charge in [0.05, 0.1) is 0 Å². The molecule has 0 fully saturated rings. The van der Waals surface area contributed by atoms with Crippen LogP contribution < -0.4 is 0 Å². The Kier molecular flexibility index (Phi) is 17.5. The van der Waals surface area contributed by atoms with Gasteiger partial charge in [0.15, 0.2) is 0 Å². The van der Waals surface area contributed by atoms with Gasteiger partial charge in [0.25, 0.3) is 0 Å². The van der Waals surface area contributed by atoms with Crippen molar-refractivity contribution in [3.05, 3.63) is 12.2 Å². The summed E-state index contributed by atoms with van der Waals surface area (Å²) in [5, 5.41) is 1.22. The van der Waals surface area contributed by atoms with Crippen LogP contribution in [0.4, 0.5) is 0 Å². The van der Waals surface area contributed by atoms with Crippen LogP contribution in [0.1, 0.15) is 58.3 Å². The number of ether oxygens (including phenoxy) is 2. The minimum absolute atomic E-state index is 0.455. The van der Waals surface area contributed by atoms with Gasteiger partial charge < -0.3 is 0 Å². The van der Waals surface area contributed by atoms with Crippen molar-refractivity contribution in [3.63, 3.8) is 0 Å². The van der Waals surface area contributed by atoms with Crippen LogP contribution in [-0.4, -0.2) is 37.7 Å². The first-order chi connectivity index (χ1) is 8.91. The molecule has 0 aliphatic heterocycles. The molecule has 0 unspecified atom stereocenters. The zero-order chi connectivity index (χ0) is 13.3. The number of hydrogen-bond donors (Lipinski definition) is 0. The normalized spacial score (nSPS) is 11.5. The van der Waals surface area contributed by atoms with Gasteiger partial charge in [-0.15, -0.1) is 0 Å². The molecule has 0 aliphatic rings. The van der Waals surface area contributed by atoms with E-state index in [1.165, 1.54) is 50.0 Å². The van der Waals surface area contributed by atoms with Crippen LogP contribution in [0.25, 0.3) is 0 Å². The Labute approximate surface area is 123 Å². The molecular weight excluding hydrogens is 219 g/mol. The van der Waals surface area contributed by atoms with Crippen molar-refractivity contribution in [1.82, 2.24) is 0 Å². The molecule has 0 saturated carbocycles. The second-order valence-electron chi connectivity index (χ2n) is 4.75. The van der Waals surface area contributed by atoms with Crippen molar-refractivity contribution >= 4 is 17.7 Å². The topological polar surface area (TPSA) is 18.5 Å². The molecule has 0 atom stereocenters. The minimum atomic E-state index is 0.455. The number of unbranched alkanes of at least 4 members (excludes halogenated alkanes) is 5. The van der Waals surface area contributed by atoms with Crippen LogP contribution in [0.2, 0.25) is 5.09 Å². The van der Waals surface area contributed by atoms with Crippen LogP contribution in [0.15, 0.2) is 12.2 Å². The predicted molar refractivity (Wildman–Crippen MR) is 79.1 cm³/mol. The zero-order valence-electron chi connectivity index (χ0n) is 12.5. The first-order valence-corrected chi connectivity index (χ1v) is 7.72. The average molecular weight is 248 g/mol. The maximum absolute atomic E-state index is 5.42. The molecule has 18 heavy (non-hydrogen) atoms. The maximum atomic E-state index is 5.42. The number of rotatable bonds is 14. The van der Waals surface area contributed by atoms with Crippen molar-refractivity contribution in [2.75, 3.05) is 20.0 Å². The monoisotopic (exact) mass is 248 g/mol. The van der Waals surface area contributed by atoms with E-state index in [-0.39, 0.29) is 0 Å². The van der Waals surface area contributed by atoms with E-state index in [4.69, 9.17) is 9.47 Å². The summed E-state index contributed by atoms with van der Waals surface area (Å²) in [4.78, 5) is 0. The second-order valence-corrected chi connectivity index (χ2v) is 4.75. The molecule has 3 heteroatoms. The van der Waals surface area contributed by atoms with E-state index in [0.717, 1.165) is 19.6 Å². The zero-order valence-corrected chi connectivity index (χ0v) is 12.5. The first kappa shape index (κ1) is 18.3. The summed E-state index contributed by atoms with van der Waals surface area (Å²) in [6.45, 7) is 4.32. The van der Waals surface area contributed by atoms with E-state index < -0.39 is 0 Å². The third kappa shape index (κ3) is 16.3. The molecule has 0 saturated heterocycles. The Morgan fingerprint density at radius 2 is 1.50 bits per heavy atom. The molecule has 0 N–H and O–H groups in total. The summed E-state index contributed by atoms with van der Waals surface area (Å²) in [6, 6.07) is 0. The molecule has 0 radical (unpaired) electrons. The smallest absolute Gasteiger partial charge is 0.0654 e. The summed E-state index contributed by atoms with van der Waals surface area (Å²) < 4.78 is 10.8. The van der Waals surface area contributed by atoms with E-state index in [9.17, 15) is 0 Å². The SMILES string of the molecule is [Li][CH2]CC=CCCOCOCCCCCCCC. The molecule has 0 aromatic rings. The van der Waals surface area contributed by atoms with Gasteiger partial charge in [-0.05, 0) is 0 Å². The Bertz CT molecular complexity index is 172. The Morgan fingerprint density at radius 1 is 0.833 bits per heavy atom. The van der Waals surface area contributed by atoms with Crippen LogP contribution >= 0.6 is 0 Å². The van der Waals surface area contributed by atoms with Crippen molar-refractivity contribution in [1.29, 1.82) is 0 Å². The van der Waals surface area contributed by atoms with E-state index in [2.05, 4.69) is 36.8 Å². The van der Waals surface area contributed by atoms with Gasteiger partial charge in [0.1, 0.15) is 0 Å². The molecule has 102 valence electrons. The molecule has 0 rings (SSSR count). The minimum Gasteiger partial charge on any atom is -0.0654 e. The molecule has 0 bridgehead atoms. The van der Waals surface area contributed by atoms with Gasteiger partial charge in [0, 0.05) is 0 Å². The van der Waals surface area contributed by atoms with Crippen LogP contribution in [0, 0.1) is 0 Å². The van der Waals surface area contributed by atoms with Crippen molar-refractivity contribution < 1.29 is 9.47 Å². The van der Waals surface area contributed by atoms with Crippen molar-refractivity contribution in [2.24, 2.45) is 0 Å². The standard InChI is InChI=1S/C15H29O2.Li/c1-3-5-7-9-10-12-14-17-15-16-13-11-8-6-4-2;/h6,8H,2-5,7,9-15H2,1H3;. The Morgan fingerprint density at radius 3 is 2.28 bits per heavy atom. The fourth-order valence-electron chi connectivity index (χ4n) is 1.71. The molecule has 0 heterocycles. The first-order valence-electron chi connectivity index (χ1n) is 7.72. The number of allylic oxidation sites excluding steroid dienone is 1. The summed E-state index contributed by atoms with van der Waals surface area (Å²) >= 11 is 2.19.